The molecule has 28 heavy (non-hydrogen) atoms. The Morgan fingerprint density at radius 3 is 2.64 bits per heavy atom. The number of aryl methyl sites for hydroxylation is 1. The molecule has 1 N–H and O–H groups in total. The Morgan fingerprint density at radius 2 is 1.93 bits per heavy atom. The summed E-state index contributed by atoms with van der Waals surface area (Å²) in [5, 5.41) is 7.33. The molecule has 3 rings (SSSR count). The Bertz CT molecular complexity index is 949. The second-order valence-electron chi connectivity index (χ2n) is 5.80. The topological polar surface area (TPSA) is 104 Å². The van der Waals surface area contributed by atoms with Crippen LogP contribution >= 0.6 is 11.3 Å². The van der Waals surface area contributed by atoms with Crippen molar-refractivity contribution in [2.75, 3.05) is 19.5 Å². The highest BCUT2D eigenvalue weighted by molar-refractivity contribution is 7.18. The van der Waals surface area contributed by atoms with Crippen LogP contribution in [0.5, 0.6) is 5.75 Å². The van der Waals surface area contributed by atoms with Gasteiger partial charge in [0, 0.05) is 18.4 Å². The minimum atomic E-state index is -0.422. The molecule has 0 aliphatic rings. The number of rotatable bonds is 8. The lowest BCUT2D eigenvalue weighted by Gasteiger charge is -2.01. The van der Waals surface area contributed by atoms with Crippen LogP contribution in [0.25, 0.3) is 11.4 Å². The van der Waals surface area contributed by atoms with Gasteiger partial charge in [-0.05, 0) is 42.8 Å². The number of anilines is 1. The molecule has 2 aromatic heterocycles. The number of hydrogen-bond acceptors (Lipinski definition) is 8. The van der Waals surface area contributed by atoms with Crippen molar-refractivity contribution in [3.63, 3.8) is 0 Å². The Hall–Kier alpha value is -3.20. The van der Waals surface area contributed by atoms with Crippen LogP contribution in [-0.4, -0.2) is 36.2 Å². The zero-order chi connectivity index (χ0) is 19.9. The molecule has 1 amide bonds. The van der Waals surface area contributed by atoms with Gasteiger partial charge in [-0.1, -0.05) is 5.16 Å². The van der Waals surface area contributed by atoms with Crippen molar-refractivity contribution in [2.45, 2.75) is 19.3 Å². The van der Waals surface area contributed by atoms with E-state index in [2.05, 4.69) is 20.2 Å². The quantitative estimate of drug-likeness (QED) is 0.576. The molecule has 0 saturated heterocycles. The van der Waals surface area contributed by atoms with Gasteiger partial charge in [0.1, 0.15) is 10.6 Å². The third-order valence-electron chi connectivity index (χ3n) is 3.87. The Labute approximate surface area is 165 Å². The molecule has 0 saturated carbocycles. The highest BCUT2D eigenvalue weighted by atomic mass is 32.1. The summed E-state index contributed by atoms with van der Waals surface area (Å²) in [6.45, 7) is 0. The summed E-state index contributed by atoms with van der Waals surface area (Å²) in [7, 11) is 2.92. The molecule has 9 heteroatoms. The van der Waals surface area contributed by atoms with E-state index in [9.17, 15) is 9.59 Å². The molecule has 1 aromatic carbocycles. The Kier molecular flexibility index (Phi) is 6.38. The maximum Gasteiger partial charge on any atom is 0.348 e. The summed E-state index contributed by atoms with van der Waals surface area (Å²) in [6.07, 6.45) is 1.35. The fourth-order valence-electron chi connectivity index (χ4n) is 2.43. The predicted molar refractivity (Wildman–Crippen MR) is 104 cm³/mol. The van der Waals surface area contributed by atoms with Crippen molar-refractivity contribution in [2.24, 2.45) is 0 Å². The number of methoxy groups -OCH3 is 2. The van der Waals surface area contributed by atoms with Gasteiger partial charge in [0.25, 0.3) is 0 Å². The zero-order valence-electron chi connectivity index (χ0n) is 15.4. The summed E-state index contributed by atoms with van der Waals surface area (Å²) >= 11 is 1.17. The van der Waals surface area contributed by atoms with E-state index in [0.29, 0.717) is 40.9 Å². The van der Waals surface area contributed by atoms with E-state index >= 15 is 0 Å². The summed E-state index contributed by atoms with van der Waals surface area (Å²) in [6, 6.07) is 10.6. The lowest BCUT2D eigenvalue weighted by atomic mass is 10.2. The second-order valence-corrected chi connectivity index (χ2v) is 6.88. The van der Waals surface area contributed by atoms with Crippen LogP contribution in [0.4, 0.5) is 5.00 Å². The fourth-order valence-corrected chi connectivity index (χ4v) is 3.27. The van der Waals surface area contributed by atoms with Crippen LogP contribution in [0.1, 0.15) is 28.4 Å². The van der Waals surface area contributed by atoms with E-state index in [1.165, 1.54) is 18.4 Å². The molecular formula is C19H19N3O5S. The minimum absolute atomic E-state index is 0.145. The smallest absolute Gasteiger partial charge is 0.348 e. The van der Waals surface area contributed by atoms with Crippen LogP contribution in [0.2, 0.25) is 0 Å². The maximum atomic E-state index is 12.0. The zero-order valence-corrected chi connectivity index (χ0v) is 16.2. The van der Waals surface area contributed by atoms with Crippen molar-refractivity contribution < 1.29 is 23.6 Å². The number of ether oxygens (including phenoxy) is 2. The van der Waals surface area contributed by atoms with E-state index in [1.54, 1.807) is 19.2 Å². The summed E-state index contributed by atoms with van der Waals surface area (Å²) in [4.78, 5) is 28.3. The van der Waals surface area contributed by atoms with E-state index in [-0.39, 0.29) is 5.91 Å². The summed E-state index contributed by atoms with van der Waals surface area (Å²) in [5.41, 5.74) is 0.827. The number of thiophene rings is 1. The first-order valence-electron chi connectivity index (χ1n) is 8.54. The number of carbonyl (C=O) groups is 2. The molecule has 3 aromatic rings. The Balaban J connectivity index is 1.47. The SMILES string of the molecule is COC(=O)c1ccc(NC(=O)CCCc2nc(-c3ccc(OC)cc3)no2)s1. The number of amides is 1. The predicted octanol–water partition coefficient (Wildman–Crippen LogP) is 3.55. The molecule has 146 valence electrons. The van der Waals surface area contributed by atoms with Gasteiger partial charge in [-0.3, -0.25) is 4.79 Å². The molecule has 0 spiro atoms. The third kappa shape index (κ3) is 4.95. The average molecular weight is 401 g/mol. The fraction of sp³-hybridized carbons (Fsp3) is 0.263. The lowest BCUT2D eigenvalue weighted by molar-refractivity contribution is -0.116. The highest BCUT2D eigenvalue weighted by Crippen LogP contribution is 2.23. The van der Waals surface area contributed by atoms with Gasteiger partial charge in [-0.15, -0.1) is 11.3 Å². The summed E-state index contributed by atoms with van der Waals surface area (Å²) in [5.74, 6) is 1.16. The number of aromatic nitrogens is 2. The number of carbonyl (C=O) groups excluding carboxylic acids is 2. The molecule has 0 fully saturated rings. The van der Waals surface area contributed by atoms with Gasteiger partial charge in [-0.25, -0.2) is 4.79 Å². The van der Waals surface area contributed by atoms with Crippen molar-refractivity contribution in [3.05, 3.63) is 47.2 Å². The van der Waals surface area contributed by atoms with Gasteiger partial charge in [0.05, 0.1) is 19.2 Å². The normalized spacial score (nSPS) is 10.5. The van der Waals surface area contributed by atoms with Crippen LogP contribution in [0.15, 0.2) is 40.9 Å². The number of nitrogens with zero attached hydrogens (tertiary/aromatic N) is 2. The number of esters is 1. The Morgan fingerprint density at radius 1 is 1.14 bits per heavy atom. The average Bonchev–Trinajstić information content (AvgIpc) is 3.37. The van der Waals surface area contributed by atoms with E-state index in [0.717, 1.165) is 11.3 Å². The monoisotopic (exact) mass is 401 g/mol. The third-order valence-corrected chi connectivity index (χ3v) is 4.85. The van der Waals surface area contributed by atoms with Crippen LogP contribution in [0.3, 0.4) is 0 Å². The van der Waals surface area contributed by atoms with Gasteiger partial charge >= 0.3 is 5.97 Å². The molecule has 0 aliphatic heterocycles. The first-order valence-corrected chi connectivity index (χ1v) is 9.35. The maximum absolute atomic E-state index is 12.0. The first kappa shape index (κ1) is 19.6. The molecule has 0 unspecified atom stereocenters. The van der Waals surface area contributed by atoms with Crippen LogP contribution in [-0.2, 0) is 16.0 Å². The van der Waals surface area contributed by atoms with Crippen LogP contribution < -0.4 is 10.1 Å². The van der Waals surface area contributed by atoms with Gasteiger partial charge < -0.3 is 19.3 Å². The molecule has 0 bridgehead atoms. The van der Waals surface area contributed by atoms with E-state index < -0.39 is 5.97 Å². The van der Waals surface area contributed by atoms with Crippen molar-refractivity contribution in [3.8, 4) is 17.1 Å². The number of benzene rings is 1. The van der Waals surface area contributed by atoms with Gasteiger partial charge in [0.15, 0.2) is 0 Å². The number of nitrogens with one attached hydrogen (secondary N) is 1. The largest absolute Gasteiger partial charge is 0.497 e. The van der Waals surface area contributed by atoms with Crippen molar-refractivity contribution in [1.29, 1.82) is 0 Å². The molecule has 0 atom stereocenters. The molecule has 0 radical (unpaired) electrons. The highest BCUT2D eigenvalue weighted by Gasteiger charge is 2.12. The van der Waals surface area contributed by atoms with Crippen LogP contribution in [0, 0.1) is 0 Å². The summed E-state index contributed by atoms with van der Waals surface area (Å²) < 4.78 is 15.0. The van der Waals surface area contributed by atoms with Gasteiger partial charge in [0.2, 0.25) is 17.6 Å². The number of hydrogen-bond donors (Lipinski definition) is 1. The molecule has 2 heterocycles. The first-order chi connectivity index (χ1) is 13.6. The molecule has 8 nitrogen and oxygen atoms in total. The molecule has 0 aliphatic carbocycles. The molecular weight excluding hydrogens is 382 g/mol. The van der Waals surface area contributed by atoms with Gasteiger partial charge in [-0.2, -0.15) is 4.98 Å². The standard InChI is InChI=1S/C19H19N3O5S/c1-25-13-8-6-12(7-9-13)18-21-16(27-22-18)5-3-4-15(23)20-17-11-10-14(28-17)19(24)26-2/h6-11H,3-5H2,1-2H3,(H,20,23). The van der Waals surface area contributed by atoms with Crippen molar-refractivity contribution in [1.82, 2.24) is 10.1 Å². The van der Waals surface area contributed by atoms with Crippen molar-refractivity contribution >= 4 is 28.2 Å². The second kappa shape index (κ2) is 9.14. The minimum Gasteiger partial charge on any atom is -0.497 e. The van der Waals surface area contributed by atoms with E-state index in [4.69, 9.17) is 9.26 Å². The van der Waals surface area contributed by atoms with E-state index in [1.807, 2.05) is 24.3 Å². The lowest BCUT2D eigenvalue weighted by Crippen LogP contribution is -2.10.